The van der Waals surface area contributed by atoms with E-state index < -0.39 is 0 Å². The van der Waals surface area contributed by atoms with Gasteiger partial charge in [0.15, 0.2) is 5.96 Å². The maximum absolute atomic E-state index is 5.74. The number of hydrogen-bond donors (Lipinski definition) is 2. The first kappa shape index (κ1) is 16.0. The van der Waals surface area contributed by atoms with Crippen LogP contribution in [0.1, 0.15) is 39.5 Å². The molecule has 1 saturated carbocycles. The molecular weight excluding hydrogens is 317 g/mol. The molecule has 4 nitrogen and oxygen atoms in total. The topological polar surface area (TPSA) is 59.6 Å². The molecule has 0 unspecified atom stereocenters. The molecule has 0 aromatic carbocycles. The Hall–Kier alpha value is -0.0400. The van der Waals surface area contributed by atoms with Crippen LogP contribution in [-0.2, 0) is 4.74 Å². The molecule has 0 bridgehead atoms. The van der Waals surface area contributed by atoms with Crippen molar-refractivity contribution in [2.24, 2.45) is 10.7 Å². The molecule has 1 rings (SSSR count). The van der Waals surface area contributed by atoms with Crippen LogP contribution in [0.5, 0.6) is 0 Å². The van der Waals surface area contributed by atoms with E-state index in [2.05, 4.69) is 17.2 Å². The predicted molar refractivity (Wildman–Crippen MR) is 78.4 cm³/mol. The minimum absolute atomic E-state index is 0. The summed E-state index contributed by atoms with van der Waals surface area (Å²) in [5.74, 6) is 0.586. The molecule has 0 aromatic rings. The molecule has 0 atom stereocenters. The Morgan fingerprint density at radius 1 is 1.44 bits per heavy atom. The number of nitrogens with one attached hydrogen (secondary N) is 1. The summed E-state index contributed by atoms with van der Waals surface area (Å²) in [6, 6.07) is 0.465. The van der Waals surface area contributed by atoms with E-state index in [1.54, 1.807) is 0 Å². The van der Waals surface area contributed by atoms with Gasteiger partial charge < -0.3 is 15.8 Å². The van der Waals surface area contributed by atoms with Gasteiger partial charge in [0.25, 0.3) is 0 Å². The molecule has 1 aliphatic rings. The molecule has 0 spiro atoms. The molecule has 1 aliphatic carbocycles. The van der Waals surface area contributed by atoms with Gasteiger partial charge in [0, 0.05) is 19.2 Å². The SMILES string of the molecule is CCCCN=C(N)NC1CC(OCC)C1.I. The van der Waals surface area contributed by atoms with Crippen molar-refractivity contribution in [3.8, 4) is 0 Å². The monoisotopic (exact) mass is 341 g/mol. The lowest BCUT2D eigenvalue weighted by molar-refractivity contribution is -0.00566. The number of aliphatic imine (C=N–C) groups is 1. The molecular formula is C11H24IN3O. The first-order chi connectivity index (χ1) is 7.26. The van der Waals surface area contributed by atoms with Gasteiger partial charge in [0.1, 0.15) is 0 Å². The highest BCUT2D eigenvalue weighted by atomic mass is 127. The van der Waals surface area contributed by atoms with Gasteiger partial charge in [-0.25, -0.2) is 0 Å². The third-order valence-corrected chi connectivity index (χ3v) is 2.64. The lowest BCUT2D eigenvalue weighted by Crippen LogP contribution is -2.50. The summed E-state index contributed by atoms with van der Waals surface area (Å²) < 4.78 is 5.47. The van der Waals surface area contributed by atoms with Crippen molar-refractivity contribution in [2.75, 3.05) is 13.2 Å². The van der Waals surface area contributed by atoms with Crippen LogP contribution in [0.2, 0.25) is 0 Å². The molecule has 1 fully saturated rings. The first-order valence-corrected chi connectivity index (χ1v) is 5.94. The maximum Gasteiger partial charge on any atom is 0.188 e. The number of ether oxygens (including phenoxy) is 1. The second kappa shape index (κ2) is 9.04. The van der Waals surface area contributed by atoms with Crippen molar-refractivity contribution in [3.63, 3.8) is 0 Å². The highest BCUT2D eigenvalue weighted by molar-refractivity contribution is 14.0. The first-order valence-electron chi connectivity index (χ1n) is 5.94. The van der Waals surface area contributed by atoms with Crippen LogP contribution >= 0.6 is 24.0 Å². The van der Waals surface area contributed by atoms with Gasteiger partial charge in [-0.3, -0.25) is 4.99 Å². The van der Waals surface area contributed by atoms with Crippen molar-refractivity contribution in [1.82, 2.24) is 5.32 Å². The van der Waals surface area contributed by atoms with Gasteiger partial charge >= 0.3 is 0 Å². The van der Waals surface area contributed by atoms with Gasteiger partial charge in [-0.15, -0.1) is 24.0 Å². The number of nitrogens with zero attached hydrogens (tertiary/aromatic N) is 1. The van der Waals surface area contributed by atoms with Crippen LogP contribution < -0.4 is 11.1 Å². The van der Waals surface area contributed by atoms with Crippen LogP contribution in [0, 0.1) is 0 Å². The zero-order valence-corrected chi connectivity index (χ0v) is 12.6. The van der Waals surface area contributed by atoms with E-state index in [1.807, 2.05) is 6.92 Å². The average molecular weight is 341 g/mol. The summed E-state index contributed by atoms with van der Waals surface area (Å²) in [6.07, 6.45) is 4.80. The van der Waals surface area contributed by atoms with E-state index >= 15 is 0 Å². The molecule has 0 saturated heterocycles. The quantitative estimate of drug-likeness (QED) is 0.336. The van der Waals surface area contributed by atoms with Gasteiger partial charge in [0.05, 0.1) is 6.10 Å². The molecule has 16 heavy (non-hydrogen) atoms. The number of halogens is 1. The zero-order valence-electron chi connectivity index (χ0n) is 10.2. The van der Waals surface area contributed by atoms with E-state index in [9.17, 15) is 0 Å². The second-order valence-corrected chi connectivity index (χ2v) is 4.01. The summed E-state index contributed by atoms with van der Waals surface area (Å²) in [4.78, 5) is 4.25. The van der Waals surface area contributed by atoms with Gasteiger partial charge in [0.2, 0.25) is 0 Å². The van der Waals surface area contributed by atoms with Crippen molar-refractivity contribution < 1.29 is 4.74 Å². The Morgan fingerprint density at radius 3 is 2.69 bits per heavy atom. The van der Waals surface area contributed by atoms with Crippen molar-refractivity contribution in [1.29, 1.82) is 0 Å². The summed E-state index contributed by atoms with van der Waals surface area (Å²) >= 11 is 0. The Labute approximate surface area is 115 Å². The van der Waals surface area contributed by atoms with Gasteiger partial charge in [-0.05, 0) is 26.2 Å². The molecule has 0 radical (unpaired) electrons. The molecule has 0 amide bonds. The fourth-order valence-corrected chi connectivity index (χ4v) is 1.67. The number of unbranched alkanes of at least 4 members (excludes halogenated alkanes) is 1. The highest BCUT2D eigenvalue weighted by Gasteiger charge is 2.29. The fraction of sp³-hybridized carbons (Fsp3) is 0.909. The minimum Gasteiger partial charge on any atom is -0.378 e. The number of hydrogen-bond acceptors (Lipinski definition) is 2. The van der Waals surface area contributed by atoms with Crippen LogP contribution in [0.4, 0.5) is 0 Å². The summed E-state index contributed by atoms with van der Waals surface area (Å²) in [5.41, 5.74) is 5.74. The Balaban J connectivity index is 0.00000225. The van der Waals surface area contributed by atoms with Crippen LogP contribution in [0.15, 0.2) is 4.99 Å². The molecule has 0 aliphatic heterocycles. The molecule has 0 aromatic heterocycles. The molecule has 5 heteroatoms. The molecule has 96 valence electrons. The molecule has 3 N–H and O–H groups in total. The van der Waals surface area contributed by atoms with E-state index in [1.165, 1.54) is 0 Å². The largest absolute Gasteiger partial charge is 0.378 e. The van der Waals surface area contributed by atoms with Gasteiger partial charge in [-0.1, -0.05) is 13.3 Å². The van der Waals surface area contributed by atoms with E-state index in [0.29, 0.717) is 18.1 Å². The highest BCUT2D eigenvalue weighted by Crippen LogP contribution is 2.22. The Kier molecular flexibility index (Phi) is 9.02. The molecule has 0 heterocycles. The third-order valence-electron chi connectivity index (χ3n) is 2.64. The third kappa shape index (κ3) is 5.89. The maximum atomic E-state index is 5.74. The average Bonchev–Trinajstić information content (AvgIpc) is 2.15. The lowest BCUT2D eigenvalue weighted by atomic mass is 9.89. The normalized spacial score (nSPS) is 24.5. The van der Waals surface area contributed by atoms with Crippen LogP contribution in [0.25, 0.3) is 0 Å². The van der Waals surface area contributed by atoms with Crippen molar-refractivity contribution in [2.45, 2.75) is 51.7 Å². The summed E-state index contributed by atoms with van der Waals surface area (Å²) in [6.45, 7) is 5.81. The number of nitrogens with two attached hydrogens (primary N) is 1. The predicted octanol–water partition coefficient (Wildman–Crippen LogP) is 1.88. The number of rotatable bonds is 6. The Morgan fingerprint density at radius 2 is 2.12 bits per heavy atom. The van der Waals surface area contributed by atoms with E-state index in [4.69, 9.17) is 10.5 Å². The summed E-state index contributed by atoms with van der Waals surface area (Å²) in [5, 5.41) is 3.21. The standard InChI is InChI=1S/C11H23N3O.HI/c1-3-5-6-13-11(12)14-9-7-10(8-9)15-4-2;/h9-10H,3-8H2,1-2H3,(H3,12,13,14);1H. The van der Waals surface area contributed by atoms with Gasteiger partial charge in [-0.2, -0.15) is 0 Å². The van der Waals surface area contributed by atoms with E-state index in [-0.39, 0.29) is 24.0 Å². The number of guanidine groups is 1. The Bertz CT molecular complexity index is 205. The zero-order chi connectivity index (χ0) is 11.1. The lowest BCUT2D eigenvalue weighted by Gasteiger charge is -2.35. The minimum atomic E-state index is 0. The fourth-order valence-electron chi connectivity index (χ4n) is 1.67. The van der Waals surface area contributed by atoms with Crippen LogP contribution in [-0.4, -0.2) is 31.3 Å². The van der Waals surface area contributed by atoms with Crippen molar-refractivity contribution >= 4 is 29.9 Å². The van der Waals surface area contributed by atoms with Crippen molar-refractivity contribution in [3.05, 3.63) is 0 Å². The second-order valence-electron chi connectivity index (χ2n) is 4.01. The van der Waals surface area contributed by atoms with E-state index in [0.717, 1.165) is 38.8 Å². The van der Waals surface area contributed by atoms with Crippen LogP contribution in [0.3, 0.4) is 0 Å². The summed E-state index contributed by atoms with van der Waals surface area (Å²) in [7, 11) is 0. The smallest absolute Gasteiger partial charge is 0.188 e.